The molecule has 1 unspecified atom stereocenters. The molecule has 0 bridgehead atoms. The number of aliphatic hydroxyl groups excluding tert-OH is 1. The third-order valence-corrected chi connectivity index (χ3v) is 8.20. The third kappa shape index (κ3) is 4.68. The van der Waals surface area contributed by atoms with Crippen LogP contribution in [0.2, 0.25) is 0 Å². The normalized spacial score (nSPS) is 16.3. The SMILES string of the molecule is COc1ccc(CN2C(=O)C(O)=C(S(=O)(=O)c3ccc(C)cc3)C2c2ccc(C(C)C)cc2)cc1. The number of hydrogen-bond acceptors (Lipinski definition) is 5. The lowest BCUT2D eigenvalue weighted by molar-refractivity contribution is -0.130. The highest BCUT2D eigenvalue weighted by Crippen LogP contribution is 2.43. The molecule has 1 heterocycles. The molecule has 1 atom stereocenters. The molecule has 3 aromatic carbocycles. The summed E-state index contributed by atoms with van der Waals surface area (Å²) in [5.41, 5.74) is 3.40. The Bertz CT molecular complexity index is 1360. The summed E-state index contributed by atoms with van der Waals surface area (Å²) in [7, 11) is -2.58. The van der Waals surface area contributed by atoms with Crippen LogP contribution in [-0.2, 0) is 21.2 Å². The van der Waals surface area contributed by atoms with Gasteiger partial charge in [0.25, 0.3) is 5.91 Å². The van der Waals surface area contributed by atoms with Gasteiger partial charge in [-0.3, -0.25) is 4.79 Å². The van der Waals surface area contributed by atoms with Crippen LogP contribution in [0.4, 0.5) is 0 Å². The summed E-state index contributed by atoms with van der Waals surface area (Å²) >= 11 is 0. The molecular formula is C28H29NO5S. The predicted molar refractivity (Wildman–Crippen MR) is 135 cm³/mol. The predicted octanol–water partition coefficient (Wildman–Crippen LogP) is 5.45. The molecular weight excluding hydrogens is 462 g/mol. The van der Waals surface area contributed by atoms with E-state index >= 15 is 0 Å². The Balaban J connectivity index is 1.82. The molecule has 4 rings (SSSR count). The standard InChI is InChI=1S/C28H29NO5S/c1-18(2)21-9-11-22(12-10-21)25-27(35(32,33)24-15-5-19(3)6-16-24)26(30)28(31)29(25)17-20-7-13-23(34-4)14-8-20/h5-16,18,25,30H,17H2,1-4H3. The number of aryl methyl sites for hydroxylation is 1. The van der Waals surface area contributed by atoms with E-state index in [-0.39, 0.29) is 16.3 Å². The van der Waals surface area contributed by atoms with Crippen molar-refractivity contribution in [2.45, 2.75) is 44.2 Å². The van der Waals surface area contributed by atoms with Crippen molar-refractivity contribution < 1.29 is 23.1 Å². The minimum atomic E-state index is -4.15. The highest BCUT2D eigenvalue weighted by Gasteiger charge is 2.46. The summed E-state index contributed by atoms with van der Waals surface area (Å²) in [5, 5.41) is 10.9. The average molecular weight is 492 g/mol. The maximum absolute atomic E-state index is 13.7. The fraction of sp³-hybridized carbons (Fsp3) is 0.250. The fourth-order valence-corrected chi connectivity index (χ4v) is 5.88. The van der Waals surface area contributed by atoms with Crippen molar-refractivity contribution in [2.75, 3.05) is 7.11 Å². The van der Waals surface area contributed by atoms with Gasteiger partial charge >= 0.3 is 0 Å². The molecule has 0 fully saturated rings. The van der Waals surface area contributed by atoms with Gasteiger partial charge in [-0.1, -0.05) is 67.9 Å². The van der Waals surface area contributed by atoms with Crippen LogP contribution in [0.3, 0.4) is 0 Å². The Hall–Kier alpha value is -3.58. The van der Waals surface area contributed by atoms with Crippen LogP contribution < -0.4 is 4.74 Å². The van der Waals surface area contributed by atoms with Crippen LogP contribution in [-0.4, -0.2) is 31.4 Å². The summed E-state index contributed by atoms with van der Waals surface area (Å²) in [5.74, 6) is -0.489. The second-order valence-electron chi connectivity index (χ2n) is 9.03. The number of hydrogen-bond donors (Lipinski definition) is 1. The molecule has 7 heteroatoms. The van der Waals surface area contributed by atoms with Gasteiger partial charge in [-0.2, -0.15) is 0 Å². The van der Waals surface area contributed by atoms with Gasteiger partial charge in [0.2, 0.25) is 9.84 Å². The number of carbonyl (C=O) groups is 1. The van der Waals surface area contributed by atoms with Crippen molar-refractivity contribution in [3.8, 4) is 5.75 Å². The Labute approximate surface area is 206 Å². The first-order valence-electron chi connectivity index (χ1n) is 11.4. The van der Waals surface area contributed by atoms with E-state index in [1.165, 1.54) is 17.0 Å². The number of aliphatic hydroxyl groups is 1. The maximum Gasteiger partial charge on any atom is 0.290 e. The molecule has 1 aliphatic rings. The van der Waals surface area contributed by atoms with Gasteiger partial charge in [0, 0.05) is 6.54 Å². The molecule has 3 aromatic rings. The summed E-state index contributed by atoms with van der Waals surface area (Å²) in [6.45, 7) is 6.13. The van der Waals surface area contributed by atoms with Crippen molar-refractivity contribution in [1.82, 2.24) is 4.90 Å². The van der Waals surface area contributed by atoms with Gasteiger partial charge in [-0.25, -0.2) is 8.42 Å². The molecule has 182 valence electrons. The van der Waals surface area contributed by atoms with E-state index in [9.17, 15) is 18.3 Å². The minimum absolute atomic E-state index is 0.0348. The average Bonchev–Trinajstić information content (AvgIpc) is 3.10. The quantitative estimate of drug-likeness (QED) is 0.475. The van der Waals surface area contributed by atoms with Gasteiger partial charge in [-0.15, -0.1) is 0 Å². The Morgan fingerprint density at radius 2 is 1.54 bits per heavy atom. The van der Waals surface area contributed by atoms with Gasteiger partial charge in [0.15, 0.2) is 5.76 Å². The van der Waals surface area contributed by atoms with Crippen molar-refractivity contribution >= 4 is 15.7 Å². The number of amides is 1. The second-order valence-corrected chi connectivity index (χ2v) is 11.0. The Morgan fingerprint density at radius 1 is 0.943 bits per heavy atom. The van der Waals surface area contributed by atoms with E-state index in [0.29, 0.717) is 17.2 Å². The lowest BCUT2D eigenvalue weighted by Gasteiger charge is -2.27. The lowest BCUT2D eigenvalue weighted by Crippen LogP contribution is -2.30. The number of carbonyl (C=O) groups excluding carboxylic acids is 1. The number of ether oxygens (including phenoxy) is 1. The summed E-state index contributed by atoms with van der Waals surface area (Å²) in [6, 6.07) is 20.1. The fourth-order valence-electron chi connectivity index (χ4n) is 4.23. The molecule has 0 radical (unpaired) electrons. The molecule has 1 amide bonds. The number of benzene rings is 3. The molecule has 1 aliphatic heterocycles. The highest BCUT2D eigenvalue weighted by molar-refractivity contribution is 7.95. The first-order chi connectivity index (χ1) is 16.6. The van der Waals surface area contributed by atoms with Crippen molar-refractivity contribution in [3.05, 3.63) is 106 Å². The van der Waals surface area contributed by atoms with E-state index in [1.54, 1.807) is 31.4 Å². The Kier molecular flexibility index (Phi) is 6.72. The van der Waals surface area contributed by atoms with E-state index in [0.717, 1.165) is 16.7 Å². The molecule has 0 saturated carbocycles. The van der Waals surface area contributed by atoms with Crippen LogP contribution in [0.15, 0.2) is 88.4 Å². The van der Waals surface area contributed by atoms with Crippen LogP contribution in [0.25, 0.3) is 0 Å². The molecule has 0 aliphatic carbocycles. The zero-order chi connectivity index (χ0) is 25.3. The van der Waals surface area contributed by atoms with E-state index < -0.39 is 27.5 Å². The van der Waals surface area contributed by atoms with Gasteiger partial charge in [0.1, 0.15) is 10.7 Å². The number of nitrogens with zero attached hydrogens (tertiary/aromatic N) is 1. The molecule has 0 aromatic heterocycles. The van der Waals surface area contributed by atoms with Crippen molar-refractivity contribution in [3.63, 3.8) is 0 Å². The number of rotatable bonds is 7. The smallest absolute Gasteiger partial charge is 0.290 e. The highest BCUT2D eigenvalue weighted by atomic mass is 32.2. The summed E-state index contributed by atoms with van der Waals surface area (Å²) in [6.07, 6.45) is 0. The van der Waals surface area contributed by atoms with E-state index in [4.69, 9.17) is 4.74 Å². The number of sulfone groups is 1. The molecule has 6 nitrogen and oxygen atoms in total. The Morgan fingerprint density at radius 3 is 2.09 bits per heavy atom. The zero-order valence-electron chi connectivity index (χ0n) is 20.2. The van der Waals surface area contributed by atoms with Crippen molar-refractivity contribution in [1.29, 1.82) is 0 Å². The molecule has 0 saturated heterocycles. The zero-order valence-corrected chi connectivity index (χ0v) is 21.0. The molecule has 1 N–H and O–H groups in total. The number of methoxy groups -OCH3 is 1. The maximum atomic E-state index is 13.7. The monoisotopic (exact) mass is 491 g/mol. The first kappa shape index (κ1) is 24.5. The minimum Gasteiger partial charge on any atom is -0.502 e. The lowest BCUT2D eigenvalue weighted by atomic mass is 9.98. The first-order valence-corrected chi connectivity index (χ1v) is 12.9. The van der Waals surface area contributed by atoms with Gasteiger partial charge in [-0.05, 0) is 53.8 Å². The van der Waals surface area contributed by atoms with Crippen LogP contribution >= 0.6 is 0 Å². The van der Waals surface area contributed by atoms with E-state index in [2.05, 4.69) is 13.8 Å². The van der Waals surface area contributed by atoms with Crippen molar-refractivity contribution in [2.24, 2.45) is 0 Å². The second kappa shape index (κ2) is 9.58. The summed E-state index contributed by atoms with van der Waals surface area (Å²) in [4.78, 5) is 14.4. The molecule has 0 spiro atoms. The summed E-state index contributed by atoms with van der Waals surface area (Å²) < 4.78 is 32.7. The molecule has 35 heavy (non-hydrogen) atoms. The van der Waals surface area contributed by atoms with E-state index in [1.807, 2.05) is 43.3 Å². The third-order valence-electron chi connectivity index (χ3n) is 6.31. The van der Waals surface area contributed by atoms with Crippen LogP contribution in [0.1, 0.15) is 48.1 Å². The topological polar surface area (TPSA) is 83.9 Å². The van der Waals surface area contributed by atoms with Gasteiger partial charge in [0.05, 0.1) is 18.0 Å². The van der Waals surface area contributed by atoms with Gasteiger partial charge < -0.3 is 14.7 Å². The van der Waals surface area contributed by atoms with Crippen LogP contribution in [0, 0.1) is 6.92 Å². The largest absolute Gasteiger partial charge is 0.502 e. The van der Waals surface area contributed by atoms with Crippen LogP contribution in [0.5, 0.6) is 5.75 Å².